The molecule has 0 nitrogen and oxygen atoms in total. The maximum absolute atomic E-state index is 3.68. The van der Waals surface area contributed by atoms with Crippen LogP contribution in [0.5, 0.6) is 0 Å². The third kappa shape index (κ3) is 1.47. The summed E-state index contributed by atoms with van der Waals surface area (Å²) in [7, 11) is 0. The van der Waals surface area contributed by atoms with E-state index in [9.17, 15) is 0 Å². The monoisotopic (exact) mass is 131 g/mol. The Morgan fingerprint density at radius 2 is 1.60 bits per heavy atom. The summed E-state index contributed by atoms with van der Waals surface area (Å²) in [6, 6.07) is 8.28. The van der Waals surface area contributed by atoms with E-state index in [2.05, 4.69) is 37.3 Å². The van der Waals surface area contributed by atoms with Gasteiger partial charge in [-0.3, -0.25) is 0 Å². The minimum Gasteiger partial charge on any atom is -0.0985 e. The largest absolute Gasteiger partial charge is 0.0985 e. The van der Waals surface area contributed by atoms with E-state index in [1.54, 1.807) is 0 Å². The van der Waals surface area contributed by atoms with Crippen LogP contribution < -0.4 is 0 Å². The Morgan fingerprint density at radius 1 is 1.10 bits per heavy atom. The van der Waals surface area contributed by atoms with Gasteiger partial charge >= 0.3 is 0 Å². The molecule has 0 saturated carbocycles. The van der Waals surface area contributed by atoms with Crippen LogP contribution in [-0.4, -0.2) is 0 Å². The molecule has 0 heteroatoms. The van der Waals surface area contributed by atoms with Gasteiger partial charge in [0.05, 0.1) is 0 Å². The predicted molar refractivity (Wildman–Crippen MR) is 45.6 cm³/mol. The van der Waals surface area contributed by atoms with E-state index in [4.69, 9.17) is 0 Å². The molecule has 0 aliphatic heterocycles. The Labute approximate surface area is 62.2 Å². The first-order valence-electron chi connectivity index (χ1n) is 3.38. The summed E-state index contributed by atoms with van der Waals surface area (Å²) in [5, 5.41) is 0. The van der Waals surface area contributed by atoms with Gasteiger partial charge in [-0.25, -0.2) is 0 Å². The average molecular weight is 131 g/mol. The van der Waals surface area contributed by atoms with Gasteiger partial charge in [-0.1, -0.05) is 43.8 Å². The molecule has 0 spiro atoms. The summed E-state index contributed by atoms with van der Waals surface area (Å²) in [6.07, 6.45) is 3.92. The van der Waals surface area contributed by atoms with Crippen LogP contribution in [-0.2, 0) is 0 Å². The molecule has 0 N–H and O–H groups in total. The average Bonchev–Trinajstić information content (AvgIpc) is 2.05. The van der Waals surface area contributed by atoms with Gasteiger partial charge in [-0.05, 0) is 17.5 Å². The molecule has 10 heavy (non-hydrogen) atoms. The van der Waals surface area contributed by atoms with E-state index in [1.807, 2.05) is 13.0 Å². The van der Waals surface area contributed by atoms with Gasteiger partial charge in [-0.15, -0.1) is 0 Å². The normalized spacial score (nSPS) is 9.30. The zero-order valence-corrected chi connectivity index (χ0v) is 6.17. The van der Waals surface area contributed by atoms with Gasteiger partial charge in [0.2, 0.25) is 0 Å². The van der Waals surface area contributed by atoms with E-state index in [0.717, 1.165) is 0 Å². The van der Waals surface area contributed by atoms with Crippen molar-refractivity contribution < 1.29 is 0 Å². The van der Waals surface area contributed by atoms with Crippen molar-refractivity contribution in [2.75, 3.05) is 0 Å². The van der Waals surface area contributed by atoms with Crippen molar-refractivity contribution in [3.05, 3.63) is 48.4 Å². The number of hydrogen-bond acceptors (Lipinski definition) is 0. The third-order valence-corrected chi connectivity index (χ3v) is 1.51. The van der Waals surface area contributed by atoms with Crippen molar-refractivity contribution >= 4 is 6.08 Å². The van der Waals surface area contributed by atoms with E-state index in [0.29, 0.717) is 0 Å². The van der Waals surface area contributed by atoms with Crippen molar-refractivity contribution in [3.8, 4) is 0 Å². The Balaban J connectivity index is 2.90. The Bertz CT molecular complexity index is 206. The topological polar surface area (TPSA) is 0 Å². The van der Waals surface area contributed by atoms with Crippen LogP contribution in [0, 0.1) is 6.42 Å². The van der Waals surface area contributed by atoms with Crippen LogP contribution in [0.2, 0.25) is 0 Å². The fourth-order valence-corrected chi connectivity index (χ4v) is 0.825. The lowest BCUT2D eigenvalue weighted by Crippen LogP contribution is -1.76. The molecule has 51 valence electrons. The highest BCUT2D eigenvalue weighted by Gasteiger charge is 1.86. The summed E-state index contributed by atoms with van der Waals surface area (Å²) in [4.78, 5) is 0. The highest BCUT2D eigenvalue weighted by atomic mass is 13.9. The highest BCUT2D eigenvalue weighted by Crippen LogP contribution is 2.06. The molecule has 0 aliphatic carbocycles. The quantitative estimate of drug-likeness (QED) is 0.579. The molecular formula is C10H11. The summed E-state index contributed by atoms with van der Waals surface area (Å²) in [5.41, 5.74) is 2.43. The van der Waals surface area contributed by atoms with Gasteiger partial charge in [0, 0.05) is 0 Å². The molecule has 0 heterocycles. The molecule has 1 radical (unpaired) electrons. The molecular weight excluding hydrogens is 120 g/mol. The first-order chi connectivity index (χ1) is 4.86. The first-order valence-corrected chi connectivity index (χ1v) is 3.38. The standard InChI is InChI=1S/C10H11/c1-3-9-5-7-10(4-2)8-6-9/h3-8H,1H2,2H3. The molecule has 1 aromatic carbocycles. The molecule has 0 fully saturated rings. The highest BCUT2D eigenvalue weighted by molar-refractivity contribution is 5.47. The Hall–Kier alpha value is -1.04. The number of benzene rings is 1. The van der Waals surface area contributed by atoms with Crippen molar-refractivity contribution in [3.63, 3.8) is 0 Å². The number of rotatable bonds is 2. The second kappa shape index (κ2) is 3.21. The lowest BCUT2D eigenvalue weighted by Gasteiger charge is -1.95. The lowest BCUT2D eigenvalue weighted by atomic mass is 10.1. The second-order valence-electron chi connectivity index (χ2n) is 2.16. The van der Waals surface area contributed by atoms with Crippen LogP contribution >= 0.6 is 0 Å². The fourth-order valence-electron chi connectivity index (χ4n) is 0.825. The summed E-state index contributed by atoms with van der Waals surface area (Å²) < 4.78 is 0. The van der Waals surface area contributed by atoms with Gasteiger partial charge in [0.15, 0.2) is 0 Å². The molecule has 1 rings (SSSR count). The van der Waals surface area contributed by atoms with Crippen molar-refractivity contribution in [1.29, 1.82) is 0 Å². The molecule has 1 aromatic rings. The van der Waals surface area contributed by atoms with Crippen LogP contribution in [0.15, 0.2) is 30.8 Å². The number of hydrogen-bond donors (Lipinski definition) is 0. The Kier molecular flexibility index (Phi) is 2.27. The van der Waals surface area contributed by atoms with E-state index in [-0.39, 0.29) is 0 Å². The van der Waals surface area contributed by atoms with Crippen LogP contribution in [0.3, 0.4) is 0 Å². The summed E-state index contributed by atoms with van der Waals surface area (Å²) >= 11 is 0. The second-order valence-corrected chi connectivity index (χ2v) is 2.16. The van der Waals surface area contributed by atoms with E-state index < -0.39 is 0 Å². The van der Waals surface area contributed by atoms with Gasteiger partial charge < -0.3 is 0 Å². The molecule has 0 bridgehead atoms. The Morgan fingerprint density at radius 3 is 2.00 bits per heavy atom. The minimum atomic E-state index is 1.17. The van der Waals surface area contributed by atoms with Crippen LogP contribution in [0.25, 0.3) is 6.08 Å². The van der Waals surface area contributed by atoms with Gasteiger partial charge in [0.1, 0.15) is 0 Å². The fraction of sp³-hybridized carbons (Fsp3) is 0.100. The lowest BCUT2D eigenvalue weighted by molar-refractivity contribution is 1.42. The van der Waals surface area contributed by atoms with Crippen molar-refractivity contribution in [2.45, 2.75) is 6.92 Å². The molecule has 0 aromatic heterocycles. The van der Waals surface area contributed by atoms with Crippen LogP contribution in [0.1, 0.15) is 18.1 Å². The third-order valence-electron chi connectivity index (χ3n) is 1.51. The SMILES string of the molecule is C=Cc1ccc([CH]C)cc1. The maximum atomic E-state index is 3.68. The summed E-state index contributed by atoms with van der Waals surface area (Å²) in [5.74, 6) is 0. The van der Waals surface area contributed by atoms with Crippen molar-refractivity contribution in [1.82, 2.24) is 0 Å². The van der Waals surface area contributed by atoms with Crippen LogP contribution in [0.4, 0.5) is 0 Å². The smallest absolute Gasteiger partial charge is 0.0124 e. The van der Waals surface area contributed by atoms with Gasteiger partial charge in [0.25, 0.3) is 0 Å². The first kappa shape index (κ1) is 7.07. The molecule has 0 amide bonds. The predicted octanol–water partition coefficient (Wildman–Crippen LogP) is 2.90. The van der Waals surface area contributed by atoms with E-state index in [1.165, 1.54) is 11.1 Å². The minimum absolute atomic E-state index is 1.17. The molecule has 0 saturated heterocycles. The zero-order chi connectivity index (χ0) is 7.40. The van der Waals surface area contributed by atoms with Gasteiger partial charge in [-0.2, -0.15) is 0 Å². The molecule has 0 aliphatic rings. The van der Waals surface area contributed by atoms with Crippen molar-refractivity contribution in [2.24, 2.45) is 0 Å². The van der Waals surface area contributed by atoms with E-state index >= 15 is 0 Å². The summed E-state index contributed by atoms with van der Waals surface area (Å²) in [6.45, 7) is 5.71. The molecule has 0 unspecified atom stereocenters. The maximum Gasteiger partial charge on any atom is -0.0124 e. The molecule has 0 atom stereocenters. The zero-order valence-electron chi connectivity index (χ0n) is 6.17.